The fraction of sp³-hybridized carbons (Fsp3) is 0.364. The van der Waals surface area contributed by atoms with E-state index in [1.165, 1.54) is 12.1 Å². The number of hydrogen-bond acceptors (Lipinski definition) is 8. The van der Waals surface area contributed by atoms with Gasteiger partial charge in [-0.3, -0.25) is 4.55 Å². The van der Waals surface area contributed by atoms with Crippen molar-refractivity contribution in [2.24, 2.45) is 0 Å². The van der Waals surface area contributed by atoms with Crippen molar-refractivity contribution in [1.29, 1.82) is 0 Å². The van der Waals surface area contributed by atoms with Crippen LogP contribution < -0.4 is 34.5 Å². The summed E-state index contributed by atoms with van der Waals surface area (Å²) in [5.41, 5.74) is 3.49. The predicted octanol–water partition coefficient (Wildman–Crippen LogP) is 1.47. The van der Waals surface area contributed by atoms with Crippen molar-refractivity contribution in [2.75, 3.05) is 29.5 Å². The summed E-state index contributed by atoms with van der Waals surface area (Å²) in [5.74, 6) is -3.11. The molecule has 3 N–H and O–H groups in total. The molecule has 48 heavy (non-hydrogen) atoms. The average molecular weight is 710 g/mol. The topological polar surface area (TPSA) is 192 Å². The van der Waals surface area contributed by atoms with Crippen LogP contribution in [0.15, 0.2) is 72.5 Å². The quantitative estimate of drug-likeness (QED) is 0.118. The molecule has 15 heteroatoms. The third kappa shape index (κ3) is 8.72. The summed E-state index contributed by atoms with van der Waals surface area (Å²) in [6.07, 6.45) is 9.27. The van der Waals surface area contributed by atoms with Crippen LogP contribution in [0.1, 0.15) is 72.4 Å². The van der Waals surface area contributed by atoms with E-state index < -0.39 is 54.5 Å². The zero-order valence-corrected chi connectivity index (χ0v) is 31.1. The van der Waals surface area contributed by atoms with Gasteiger partial charge in [-0.25, -0.2) is 18.0 Å². The summed E-state index contributed by atoms with van der Waals surface area (Å²) in [7, 11) is -8.59. The molecule has 0 aliphatic carbocycles. The van der Waals surface area contributed by atoms with Gasteiger partial charge < -0.3 is 19.7 Å². The molecule has 4 rings (SSSR count). The van der Waals surface area contributed by atoms with E-state index in [1.54, 1.807) is 42.5 Å². The van der Waals surface area contributed by atoms with E-state index in [0.717, 1.165) is 33.9 Å². The van der Waals surface area contributed by atoms with Crippen LogP contribution >= 0.6 is 0 Å². The van der Waals surface area contributed by atoms with Gasteiger partial charge in [-0.1, -0.05) is 32.1 Å². The number of carboxylic acid groups (broad SMARTS) is 2. The molecule has 12 nitrogen and oxygen atoms in total. The van der Waals surface area contributed by atoms with Crippen molar-refractivity contribution in [1.82, 2.24) is 0 Å². The molecule has 0 aromatic heterocycles. The Bertz CT molecular complexity index is 1960. The average Bonchev–Trinajstić information content (AvgIpc) is 3.29. The zero-order valence-electron chi connectivity index (χ0n) is 27.5. The molecule has 0 fully saturated rings. The Morgan fingerprint density at radius 2 is 1.46 bits per heavy atom. The monoisotopic (exact) mass is 709 g/mol. The summed E-state index contributed by atoms with van der Waals surface area (Å²) in [6.45, 7) is 8.23. The molecular weight excluding hydrogens is 671 g/mol. The van der Waals surface area contributed by atoms with E-state index in [9.17, 15) is 45.7 Å². The first kappa shape index (κ1) is 39.3. The maximum absolute atomic E-state index is 11.7. The second-order valence-electron chi connectivity index (χ2n) is 12.6. The second kappa shape index (κ2) is 14.8. The third-order valence-electron chi connectivity index (χ3n) is 8.57. The fourth-order valence-corrected chi connectivity index (χ4v) is 7.24. The van der Waals surface area contributed by atoms with Gasteiger partial charge in [0.25, 0.3) is 10.1 Å². The summed E-state index contributed by atoms with van der Waals surface area (Å²) < 4.78 is 67.8. The Balaban J connectivity index is 0.00000625. The number of carbonyl (C=O) groups is 2. The molecule has 0 spiro atoms. The Kier molecular flexibility index (Phi) is 12.1. The maximum Gasteiger partial charge on any atom is 1.00 e. The number of anilines is 1. The number of aromatic carboxylic acids is 2. The SMILES string of the molecule is CC1(C)C(=CC=CC=CC2=[N+](CCCS(=O)(=O)[O-])c3ccc(C(=O)O)cc3C2(C)C)N(CCCS(=O)(=O)O)c2ccc(C(=O)O)cc21.[Na+]. The Labute approximate surface area is 303 Å². The Hall–Kier alpha value is -3.11. The van der Waals surface area contributed by atoms with Gasteiger partial charge in [0.1, 0.15) is 6.54 Å². The van der Waals surface area contributed by atoms with Crippen molar-refractivity contribution in [3.8, 4) is 0 Å². The van der Waals surface area contributed by atoms with Crippen molar-refractivity contribution < 1.29 is 79.9 Å². The van der Waals surface area contributed by atoms with E-state index in [-0.39, 0.29) is 66.6 Å². The smallest absolute Gasteiger partial charge is 0.748 e. The van der Waals surface area contributed by atoms with E-state index in [1.807, 2.05) is 49.3 Å². The molecule has 0 atom stereocenters. The minimum Gasteiger partial charge on any atom is -0.748 e. The molecule has 252 valence electrons. The molecule has 2 aliphatic heterocycles. The van der Waals surface area contributed by atoms with E-state index >= 15 is 0 Å². The van der Waals surface area contributed by atoms with Crippen LogP contribution in [0.2, 0.25) is 0 Å². The van der Waals surface area contributed by atoms with Crippen LogP contribution in [-0.4, -0.2) is 83.0 Å². The van der Waals surface area contributed by atoms with Crippen LogP contribution in [0.25, 0.3) is 0 Å². The van der Waals surface area contributed by atoms with Crippen LogP contribution in [0.5, 0.6) is 0 Å². The van der Waals surface area contributed by atoms with Crippen LogP contribution in [0.4, 0.5) is 11.4 Å². The largest absolute Gasteiger partial charge is 1.00 e. The number of carboxylic acids is 2. The summed E-state index contributed by atoms with van der Waals surface area (Å²) >= 11 is 0. The minimum atomic E-state index is -4.42. The summed E-state index contributed by atoms with van der Waals surface area (Å²) in [6, 6.07) is 9.55. The van der Waals surface area contributed by atoms with Gasteiger partial charge in [-0.2, -0.15) is 13.0 Å². The summed E-state index contributed by atoms with van der Waals surface area (Å²) in [5, 5.41) is 19.1. The van der Waals surface area contributed by atoms with Gasteiger partial charge in [-0.05, 0) is 62.2 Å². The predicted molar refractivity (Wildman–Crippen MR) is 177 cm³/mol. The molecule has 0 amide bonds. The zero-order chi connectivity index (χ0) is 34.9. The minimum absolute atomic E-state index is 0. The van der Waals surface area contributed by atoms with Crippen molar-refractivity contribution in [2.45, 2.75) is 51.4 Å². The molecule has 2 heterocycles. The molecule has 2 aromatic rings. The molecule has 2 aromatic carbocycles. The molecule has 0 radical (unpaired) electrons. The van der Waals surface area contributed by atoms with E-state index in [2.05, 4.69) is 0 Å². The number of fused-ring (bicyclic) bond motifs is 2. The molecule has 2 aliphatic rings. The molecule has 0 saturated heterocycles. The van der Waals surface area contributed by atoms with Crippen molar-refractivity contribution in [3.63, 3.8) is 0 Å². The fourth-order valence-electron chi connectivity index (χ4n) is 6.26. The molecule has 0 bridgehead atoms. The van der Waals surface area contributed by atoms with E-state index in [0.29, 0.717) is 0 Å². The van der Waals surface area contributed by atoms with E-state index in [4.69, 9.17) is 0 Å². The maximum atomic E-state index is 11.7. The molecule has 0 saturated carbocycles. The Morgan fingerprint density at radius 3 is 2.04 bits per heavy atom. The number of benzene rings is 2. The number of nitrogens with zero attached hydrogens (tertiary/aromatic N) is 2. The molecular formula is C33H38N2NaO10S2+. The Morgan fingerprint density at radius 1 is 0.854 bits per heavy atom. The summed E-state index contributed by atoms with van der Waals surface area (Å²) in [4.78, 5) is 25.3. The van der Waals surface area contributed by atoms with Gasteiger partial charge in [0, 0.05) is 53.2 Å². The van der Waals surface area contributed by atoms with Gasteiger partial charge in [0.15, 0.2) is 5.71 Å². The first-order valence-electron chi connectivity index (χ1n) is 14.9. The molecule has 0 unspecified atom stereocenters. The number of hydrogen-bond donors (Lipinski definition) is 3. The van der Waals surface area contributed by atoms with Crippen LogP contribution in [-0.2, 0) is 31.1 Å². The third-order valence-corrected chi connectivity index (χ3v) is 10.2. The standard InChI is InChI=1S/C33H38N2O10S2.Na/c1-32(2)24-20-22(30(36)37)12-14-26(24)34(16-8-18-46(40,41)42)28(32)10-6-5-7-11-29-33(3,4)25-21-23(31(38)39)13-15-27(25)35(29)17-9-19-47(43,44)45;/h5-7,10-15,20-21H,8-9,16-19H2,1-4H3,(H3-,36,37,38,39,40,41,42,43,44,45);/q;+1. The number of allylic oxidation sites excluding steroid dienone is 6. The second-order valence-corrected chi connectivity index (χ2v) is 15.7. The van der Waals surface area contributed by atoms with Crippen molar-refractivity contribution in [3.05, 3.63) is 94.7 Å². The normalized spacial score (nSPS) is 17.6. The van der Waals surface area contributed by atoms with Crippen molar-refractivity contribution >= 4 is 49.3 Å². The first-order valence-corrected chi connectivity index (χ1v) is 18.0. The first-order chi connectivity index (χ1) is 21.7. The van der Waals surface area contributed by atoms with Gasteiger partial charge in [0.2, 0.25) is 5.69 Å². The van der Waals surface area contributed by atoms with Crippen LogP contribution in [0.3, 0.4) is 0 Å². The van der Waals surface area contributed by atoms with Gasteiger partial charge in [0.05, 0.1) is 32.4 Å². The number of rotatable bonds is 13. The van der Waals surface area contributed by atoms with Crippen LogP contribution in [0, 0.1) is 0 Å². The van der Waals surface area contributed by atoms with Gasteiger partial charge in [-0.15, -0.1) is 0 Å². The van der Waals surface area contributed by atoms with Gasteiger partial charge >= 0.3 is 41.5 Å².